The number of halogens is 1. The Balaban J connectivity index is 1.86. The summed E-state index contributed by atoms with van der Waals surface area (Å²) in [5, 5.41) is 17.6. The van der Waals surface area contributed by atoms with Gasteiger partial charge in [0.2, 0.25) is 21.9 Å². The van der Waals surface area contributed by atoms with Gasteiger partial charge < -0.3 is 19.3 Å². The van der Waals surface area contributed by atoms with Crippen molar-refractivity contribution in [1.82, 2.24) is 19.7 Å². The number of aliphatic hydroxyl groups is 1. The van der Waals surface area contributed by atoms with Gasteiger partial charge in [-0.25, -0.2) is 26.2 Å². The lowest BCUT2D eigenvalue weighted by molar-refractivity contribution is 0.173. The number of aliphatic hydroxyl groups excluding tert-OH is 1. The largest absolute Gasteiger partial charge is 0.494 e. The van der Waals surface area contributed by atoms with Gasteiger partial charge in [0, 0.05) is 17.9 Å². The Hall–Kier alpha value is -4.28. The summed E-state index contributed by atoms with van der Waals surface area (Å²) in [6.07, 6.45) is -1.04. The predicted molar refractivity (Wildman–Crippen MR) is 151 cm³/mol. The molecule has 0 saturated carbocycles. The van der Waals surface area contributed by atoms with Crippen LogP contribution < -0.4 is 18.9 Å². The average Bonchev–Trinajstić information content (AvgIpc) is 3.37. The lowest BCUT2D eigenvalue weighted by Gasteiger charge is -2.23. The SMILES string of the molecule is COc1cccc(-c2nnc(NS(=O)(=O)[C@@H](C)[C@@H](O)c3ccc(F)cc3S(C)(=O)=O)n2-c2c(OC)cccc2OC)n1. The van der Waals surface area contributed by atoms with E-state index in [1.807, 2.05) is 0 Å². The molecule has 42 heavy (non-hydrogen) atoms. The Morgan fingerprint density at radius 3 is 2.17 bits per heavy atom. The number of aromatic nitrogens is 4. The average molecular weight is 622 g/mol. The summed E-state index contributed by atoms with van der Waals surface area (Å²) in [7, 11) is -4.28. The number of para-hydroxylation sites is 1. The molecule has 0 fully saturated rings. The summed E-state index contributed by atoms with van der Waals surface area (Å²) in [5.74, 6) is -0.294. The van der Waals surface area contributed by atoms with Crippen LogP contribution in [-0.4, -0.2) is 74.5 Å². The number of hydrogen-bond acceptors (Lipinski definition) is 11. The minimum atomic E-state index is -4.52. The van der Waals surface area contributed by atoms with Crippen molar-refractivity contribution in [2.24, 2.45) is 0 Å². The van der Waals surface area contributed by atoms with Crippen molar-refractivity contribution in [1.29, 1.82) is 0 Å². The molecular weight excluding hydrogens is 593 g/mol. The lowest BCUT2D eigenvalue weighted by Crippen LogP contribution is -2.32. The second kappa shape index (κ2) is 11.9. The highest BCUT2D eigenvalue weighted by Gasteiger charge is 2.35. The molecule has 4 rings (SSSR count). The molecule has 0 unspecified atom stereocenters. The maximum atomic E-state index is 13.9. The minimum absolute atomic E-state index is 0.0838. The molecule has 2 atom stereocenters. The highest BCUT2D eigenvalue weighted by Crippen LogP contribution is 2.38. The molecule has 13 nitrogen and oxygen atoms in total. The van der Waals surface area contributed by atoms with Crippen LogP contribution in [-0.2, 0) is 19.9 Å². The molecule has 0 spiro atoms. The molecule has 0 amide bonds. The van der Waals surface area contributed by atoms with E-state index in [0.717, 1.165) is 31.4 Å². The number of methoxy groups -OCH3 is 3. The number of sulfone groups is 1. The Morgan fingerprint density at radius 2 is 1.57 bits per heavy atom. The normalized spacial score (nSPS) is 13.3. The van der Waals surface area contributed by atoms with Gasteiger partial charge in [0.05, 0.1) is 32.3 Å². The maximum Gasteiger partial charge on any atom is 0.243 e. The highest BCUT2D eigenvalue weighted by molar-refractivity contribution is 7.93. The maximum absolute atomic E-state index is 13.9. The lowest BCUT2D eigenvalue weighted by atomic mass is 10.1. The smallest absolute Gasteiger partial charge is 0.243 e. The fraction of sp³-hybridized carbons (Fsp3) is 0.269. The number of rotatable bonds is 11. The molecule has 16 heteroatoms. The minimum Gasteiger partial charge on any atom is -0.494 e. The fourth-order valence-electron chi connectivity index (χ4n) is 4.15. The molecule has 0 bridgehead atoms. The summed E-state index contributed by atoms with van der Waals surface area (Å²) in [4.78, 5) is 3.84. The number of anilines is 1. The van der Waals surface area contributed by atoms with E-state index in [0.29, 0.717) is 0 Å². The van der Waals surface area contributed by atoms with Crippen molar-refractivity contribution < 1.29 is 40.5 Å². The number of hydrogen-bond donors (Lipinski definition) is 2. The standard InChI is InChI=1S/C26H28FN5O8S2/c1-15(24(33)17-13-12-16(27)14-21(17)41(5,34)35)42(36,37)31-26-30-29-25(18-8-6-11-22(28-18)40-4)32(26)23-19(38-2)9-7-10-20(23)39-3/h6-15,24,33H,1-5H3,(H,30,31)/t15-,24+/m0/s1. The molecule has 0 aliphatic rings. The van der Waals surface area contributed by atoms with Crippen molar-refractivity contribution in [3.63, 3.8) is 0 Å². The van der Waals surface area contributed by atoms with Crippen molar-refractivity contribution in [2.75, 3.05) is 32.3 Å². The number of sulfonamides is 1. The Morgan fingerprint density at radius 1 is 0.929 bits per heavy atom. The molecule has 0 aliphatic heterocycles. The second-order valence-corrected chi connectivity index (χ2v) is 13.0. The fourth-order valence-corrected chi connectivity index (χ4v) is 6.15. The third kappa shape index (κ3) is 6.00. The summed E-state index contributed by atoms with van der Waals surface area (Å²) in [6.45, 7) is 1.16. The summed E-state index contributed by atoms with van der Waals surface area (Å²) >= 11 is 0. The summed E-state index contributed by atoms with van der Waals surface area (Å²) in [5.41, 5.74) is 0.208. The van der Waals surface area contributed by atoms with Crippen LogP contribution in [0.5, 0.6) is 17.4 Å². The second-order valence-electron chi connectivity index (χ2n) is 9.01. The first-order chi connectivity index (χ1) is 19.8. The van der Waals surface area contributed by atoms with E-state index >= 15 is 0 Å². The van der Waals surface area contributed by atoms with Crippen molar-refractivity contribution in [3.05, 3.63) is 66.0 Å². The van der Waals surface area contributed by atoms with Crippen molar-refractivity contribution in [3.8, 4) is 34.6 Å². The number of benzene rings is 2. The van der Waals surface area contributed by atoms with E-state index in [1.54, 1.807) is 36.4 Å². The van der Waals surface area contributed by atoms with Crippen molar-refractivity contribution in [2.45, 2.75) is 23.2 Å². The van der Waals surface area contributed by atoms with E-state index in [2.05, 4.69) is 19.9 Å². The predicted octanol–water partition coefficient (Wildman–Crippen LogP) is 2.76. The van der Waals surface area contributed by atoms with Crippen LogP contribution in [0.4, 0.5) is 10.3 Å². The molecular formula is C26H28FN5O8S2. The number of nitrogens with zero attached hydrogens (tertiary/aromatic N) is 4. The molecule has 0 aliphatic carbocycles. The Labute approximate surface area is 241 Å². The van der Waals surface area contributed by atoms with Gasteiger partial charge in [0.15, 0.2) is 15.7 Å². The third-order valence-electron chi connectivity index (χ3n) is 6.31. The van der Waals surface area contributed by atoms with Crippen LogP contribution in [0.15, 0.2) is 59.5 Å². The topological polar surface area (TPSA) is 172 Å². The van der Waals surface area contributed by atoms with Crippen LogP contribution in [0.25, 0.3) is 17.2 Å². The van der Waals surface area contributed by atoms with E-state index in [9.17, 15) is 26.3 Å². The molecule has 0 saturated heterocycles. The van der Waals surface area contributed by atoms with Gasteiger partial charge in [-0.05, 0) is 37.3 Å². The zero-order chi connectivity index (χ0) is 30.8. The van der Waals surface area contributed by atoms with Crippen LogP contribution in [0.3, 0.4) is 0 Å². The highest BCUT2D eigenvalue weighted by atomic mass is 32.2. The van der Waals surface area contributed by atoms with Crippen LogP contribution in [0, 0.1) is 5.82 Å². The number of ether oxygens (including phenoxy) is 3. The van der Waals surface area contributed by atoms with Crippen LogP contribution in [0.2, 0.25) is 0 Å². The third-order valence-corrected chi connectivity index (χ3v) is 9.17. The number of nitrogens with one attached hydrogen (secondary N) is 1. The Bertz CT molecular complexity index is 1810. The molecule has 2 aromatic carbocycles. The monoisotopic (exact) mass is 621 g/mol. The van der Waals surface area contributed by atoms with E-state index in [4.69, 9.17) is 14.2 Å². The molecule has 2 heterocycles. The van der Waals surface area contributed by atoms with Gasteiger partial charge in [-0.3, -0.25) is 9.29 Å². The summed E-state index contributed by atoms with van der Waals surface area (Å²) in [6, 6.07) is 12.5. The van der Waals surface area contributed by atoms with Crippen LogP contribution >= 0.6 is 0 Å². The summed E-state index contributed by atoms with van der Waals surface area (Å²) < 4.78 is 85.5. The first kappa shape index (κ1) is 30.7. The molecule has 2 aromatic heterocycles. The first-order valence-electron chi connectivity index (χ1n) is 12.2. The molecule has 2 N–H and O–H groups in total. The van der Waals surface area contributed by atoms with Crippen LogP contribution in [0.1, 0.15) is 18.6 Å². The van der Waals surface area contributed by atoms with Crippen molar-refractivity contribution >= 4 is 25.8 Å². The van der Waals surface area contributed by atoms with E-state index in [-0.39, 0.29) is 46.1 Å². The van der Waals surface area contributed by atoms with Gasteiger partial charge >= 0.3 is 0 Å². The molecule has 0 radical (unpaired) electrons. The van der Waals surface area contributed by atoms with Gasteiger partial charge in [0.25, 0.3) is 0 Å². The van der Waals surface area contributed by atoms with Gasteiger partial charge in [-0.2, -0.15) is 0 Å². The zero-order valence-corrected chi connectivity index (χ0v) is 24.8. The zero-order valence-electron chi connectivity index (χ0n) is 23.1. The van der Waals surface area contributed by atoms with Gasteiger partial charge in [0.1, 0.15) is 33.9 Å². The quantitative estimate of drug-likeness (QED) is 0.252. The number of pyridine rings is 1. The Kier molecular flexibility index (Phi) is 8.70. The van der Waals surface area contributed by atoms with E-state index < -0.39 is 41.9 Å². The van der Waals surface area contributed by atoms with Gasteiger partial charge in [-0.15, -0.1) is 10.2 Å². The first-order valence-corrected chi connectivity index (χ1v) is 15.6. The van der Waals surface area contributed by atoms with E-state index in [1.165, 1.54) is 25.9 Å². The van der Waals surface area contributed by atoms with Gasteiger partial charge in [-0.1, -0.05) is 18.2 Å². The molecule has 224 valence electrons. The molecule has 4 aromatic rings.